The number of carbonyl (C=O) groups excluding carboxylic acids is 1. The van der Waals surface area contributed by atoms with E-state index < -0.39 is 13.3 Å². The smallest absolute Gasteiger partial charge is 0.505 e. The molecule has 0 atom stereocenters. The van der Waals surface area contributed by atoms with E-state index in [0.717, 1.165) is 40.2 Å². The predicted octanol–water partition coefficient (Wildman–Crippen LogP) is 10.8. The molecule has 0 spiro atoms. The second-order valence-electron chi connectivity index (χ2n) is 10.4. The van der Waals surface area contributed by atoms with Crippen LogP contribution in [0.4, 0.5) is 42.8 Å². The van der Waals surface area contributed by atoms with Crippen molar-refractivity contribution in [2.75, 3.05) is 9.80 Å². The maximum Gasteiger partial charge on any atom is 0.796 e. The molecule has 6 rings (SSSR count). The van der Waals surface area contributed by atoms with Crippen LogP contribution in [0, 0.1) is 0 Å². The lowest BCUT2D eigenvalue weighted by atomic mass is 10.1. The first-order valence-corrected chi connectivity index (χ1v) is 14.8. The molecule has 4 nitrogen and oxygen atoms in total. The molecule has 0 saturated heterocycles. The molecule has 224 valence electrons. The highest BCUT2D eigenvalue weighted by atomic mass is 19.2. The molecule has 0 fully saturated rings. The van der Waals surface area contributed by atoms with Gasteiger partial charge in [0, 0.05) is 51.3 Å². The van der Waals surface area contributed by atoms with Gasteiger partial charge in [0.2, 0.25) is 0 Å². The van der Waals surface area contributed by atoms with Gasteiger partial charge in [-0.2, -0.15) is 0 Å². The number of hydrogen-bond donors (Lipinski definition) is 0. The van der Waals surface area contributed by atoms with Crippen LogP contribution in [0.3, 0.4) is 0 Å². The third-order valence-electron chi connectivity index (χ3n) is 7.36. The lowest BCUT2D eigenvalue weighted by Gasteiger charge is -2.25. The Balaban J connectivity index is 1.28. The van der Waals surface area contributed by atoms with E-state index in [9.17, 15) is 13.4 Å². The molecule has 0 saturated carbocycles. The van der Waals surface area contributed by atoms with Crippen LogP contribution in [0.15, 0.2) is 176 Å². The van der Waals surface area contributed by atoms with Gasteiger partial charge in [-0.15, -0.1) is 0 Å². The van der Waals surface area contributed by atoms with Crippen molar-refractivity contribution in [2.24, 2.45) is 0 Å². The summed E-state index contributed by atoms with van der Waals surface area (Å²) in [5.74, 6) is -0.663. The summed E-state index contributed by atoms with van der Waals surface area (Å²) in [6.45, 7) is 0. The van der Waals surface area contributed by atoms with Crippen molar-refractivity contribution in [1.29, 1.82) is 0 Å². The van der Waals surface area contributed by atoms with E-state index in [1.165, 1.54) is 0 Å². The number of benzene rings is 6. The minimum absolute atomic E-state index is 0.211. The van der Waals surface area contributed by atoms with Crippen molar-refractivity contribution < 1.29 is 18.1 Å². The summed E-state index contributed by atoms with van der Waals surface area (Å²) in [5.41, 5.74) is 6.17. The van der Waals surface area contributed by atoms with Crippen molar-refractivity contribution in [1.82, 2.24) is 0 Å². The third kappa shape index (κ3) is 7.06. The van der Waals surface area contributed by atoms with Crippen LogP contribution in [0.2, 0.25) is 0 Å². The Bertz CT molecular complexity index is 1810. The van der Waals surface area contributed by atoms with Crippen LogP contribution in [-0.4, -0.2) is 13.3 Å². The number of para-hydroxylation sites is 4. The monoisotopic (exact) mass is 606 g/mol. The Morgan fingerprint density at radius 2 is 0.761 bits per heavy atom. The second kappa shape index (κ2) is 14.2. The number of halogens is 2. The third-order valence-corrected chi connectivity index (χ3v) is 7.36. The van der Waals surface area contributed by atoms with Gasteiger partial charge in [-0.3, -0.25) is 4.79 Å². The zero-order valence-electron chi connectivity index (χ0n) is 24.8. The maximum absolute atomic E-state index is 13.5. The van der Waals surface area contributed by atoms with Gasteiger partial charge in [-0.25, -0.2) is 8.63 Å². The molecule has 0 aliphatic carbocycles. The van der Waals surface area contributed by atoms with E-state index in [0.29, 0.717) is 11.1 Å². The van der Waals surface area contributed by atoms with Crippen molar-refractivity contribution in [2.45, 2.75) is 0 Å². The molecule has 0 bridgehead atoms. The largest absolute Gasteiger partial charge is 0.796 e. The molecule has 7 heteroatoms. The highest BCUT2D eigenvalue weighted by Gasteiger charge is 2.22. The van der Waals surface area contributed by atoms with Gasteiger partial charge in [0.05, 0.1) is 0 Å². The normalized spacial score (nSPS) is 11.0. The number of anilines is 6. The summed E-state index contributed by atoms with van der Waals surface area (Å²) in [7, 11) is -3.10. The molecule has 0 heterocycles. The van der Waals surface area contributed by atoms with E-state index >= 15 is 0 Å². The highest BCUT2D eigenvalue weighted by Crippen LogP contribution is 2.36. The standard InChI is InChI=1S/C39H29BF2N2O2/c41-40(42)46-39(31-23-27-37(28-24-31)44(34-17-9-3-10-18-34)35-19-11-4-12-20-35)29-38(45)30-21-25-36(26-22-30)43(32-13-5-1-6-14-32)33-15-7-2-8-16-33/h1-29H/b39-29-. The Kier molecular flexibility index (Phi) is 9.31. The van der Waals surface area contributed by atoms with Crippen LogP contribution < -0.4 is 9.80 Å². The number of hydrogen-bond acceptors (Lipinski definition) is 4. The van der Waals surface area contributed by atoms with Crippen LogP contribution in [0.5, 0.6) is 0 Å². The van der Waals surface area contributed by atoms with Crippen molar-refractivity contribution >= 4 is 53.1 Å². The summed E-state index contributed by atoms with van der Waals surface area (Å²) >= 11 is 0. The lowest BCUT2D eigenvalue weighted by Crippen LogP contribution is -2.10. The molecule has 0 unspecified atom stereocenters. The Labute approximate surface area is 267 Å². The zero-order valence-corrected chi connectivity index (χ0v) is 24.8. The molecule has 0 N–H and O–H groups in total. The van der Waals surface area contributed by atoms with Gasteiger partial charge >= 0.3 is 7.47 Å². The minimum Gasteiger partial charge on any atom is -0.505 e. The molecule has 46 heavy (non-hydrogen) atoms. The summed E-state index contributed by atoms with van der Waals surface area (Å²) in [6.07, 6.45) is 1.12. The average Bonchev–Trinajstić information content (AvgIpc) is 3.10. The van der Waals surface area contributed by atoms with E-state index in [-0.39, 0.29) is 5.76 Å². The molecular formula is C39H29BF2N2O2. The Hall–Kier alpha value is -5.95. The molecular weight excluding hydrogens is 577 g/mol. The number of nitrogens with zero attached hydrogens (tertiary/aromatic N) is 2. The zero-order chi connectivity index (χ0) is 31.7. The molecule has 0 aliphatic rings. The molecule has 0 aliphatic heterocycles. The summed E-state index contributed by atoms with van der Waals surface area (Å²) in [6, 6.07) is 53.5. The fourth-order valence-corrected chi connectivity index (χ4v) is 5.24. The number of carbonyl (C=O) groups is 1. The summed E-state index contributed by atoms with van der Waals surface area (Å²) < 4.78 is 32.0. The van der Waals surface area contributed by atoms with Crippen LogP contribution in [0.25, 0.3) is 5.76 Å². The lowest BCUT2D eigenvalue weighted by molar-refractivity contribution is 0.104. The average molecular weight is 606 g/mol. The Morgan fingerprint density at radius 1 is 0.457 bits per heavy atom. The highest BCUT2D eigenvalue weighted by molar-refractivity contribution is 6.36. The molecule has 6 aromatic rings. The van der Waals surface area contributed by atoms with Gasteiger partial charge < -0.3 is 14.5 Å². The minimum atomic E-state index is -3.10. The van der Waals surface area contributed by atoms with Crippen LogP contribution in [0.1, 0.15) is 15.9 Å². The number of rotatable bonds is 11. The van der Waals surface area contributed by atoms with Crippen molar-refractivity contribution in [3.63, 3.8) is 0 Å². The Morgan fingerprint density at radius 3 is 1.09 bits per heavy atom. The van der Waals surface area contributed by atoms with Gasteiger partial charge in [0.25, 0.3) is 0 Å². The predicted molar refractivity (Wildman–Crippen MR) is 184 cm³/mol. The fraction of sp³-hybridized carbons (Fsp3) is 0. The first-order chi connectivity index (χ1) is 22.6. The number of ketones is 1. The number of allylic oxidation sites excluding steroid dienone is 1. The summed E-state index contributed by atoms with van der Waals surface area (Å²) in [5, 5.41) is 0. The maximum atomic E-state index is 13.5. The van der Waals surface area contributed by atoms with E-state index in [1.54, 1.807) is 24.3 Å². The molecule has 0 aromatic heterocycles. The molecule has 0 radical (unpaired) electrons. The summed E-state index contributed by atoms with van der Waals surface area (Å²) in [4.78, 5) is 17.5. The van der Waals surface area contributed by atoms with Crippen molar-refractivity contribution in [3.05, 3.63) is 187 Å². The van der Waals surface area contributed by atoms with E-state index in [1.807, 2.05) is 146 Å². The SMILES string of the molecule is O=C(/C=C(\OB(F)F)c1ccc(N(c2ccccc2)c2ccccc2)cc1)c1ccc(N(c2ccccc2)c2ccccc2)cc1. The van der Waals surface area contributed by atoms with E-state index in [4.69, 9.17) is 4.65 Å². The van der Waals surface area contributed by atoms with Gasteiger partial charge in [0.15, 0.2) is 5.78 Å². The van der Waals surface area contributed by atoms with E-state index in [2.05, 4.69) is 9.80 Å². The van der Waals surface area contributed by atoms with Gasteiger partial charge in [-0.05, 0) is 97.1 Å². The topological polar surface area (TPSA) is 32.8 Å². The first-order valence-electron chi connectivity index (χ1n) is 14.8. The fourth-order valence-electron chi connectivity index (χ4n) is 5.24. The molecule has 6 aromatic carbocycles. The quantitative estimate of drug-likeness (QED) is 0.0636. The molecule has 0 amide bonds. The van der Waals surface area contributed by atoms with Gasteiger partial charge in [0.1, 0.15) is 5.76 Å². The second-order valence-corrected chi connectivity index (χ2v) is 10.4. The van der Waals surface area contributed by atoms with Crippen LogP contribution >= 0.6 is 0 Å². The van der Waals surface area contributed by atoms with Gasteiger partial charge in [-0.1, -0.05) is 72.8 Å². The van der Waals surface area contributed by atoms with Crippen LogP contribution in [-0.2, 0) is 4.65 Å². The van der Waals surface area contributed by atoms with Crippen molar-refractivity contribution in [3.8, 4) is 0 Å². The first kappa shape index (κ1) is 30.1.